The molecule has 2 heteroatoms. The maximum atomic E-state index is 12.1. The van der Waals surface area contributed by atoms with Crippen molar-refractivity contribution in [2.24, 2.45) is 0 Å². The van der Waals surface area contributed by atoms with E-state index in [1.54, 1.807) is 0 Å². The molecule has 56 valence electrons. The van der Waals surface area contributed by atoms with Crippen molar-refractivity contribution in [3.05, 3.63) is 36.4 Å². The third kappa shape index (κ3) is 3.89. The summed E-state index contributed by atoms with van der Waals surface area (Å²) < 4.78 is 16.8. The molecule has 0 aromatic carbocycles. The summed E-state index contributed by atoms with van der Waals surface area (Å²) in [6.07, 6.45) is 4.35. The summed E-state index contributed by atoms with van der Waals surface area (Å²) in [5, 5.41) is 0. The van der Waals surface area contributed by atoms with Gasteiger partial charge in [0, 0.05) is 0 Å². The maximum absolute atomic E-state index is 12.1. The number of methoxy groups -OCH3 is 1. The maximum Gasteiger partial charge on any atom is 0.118 e. The zero-order chi connectivity index (χ0) is 7.98. The van der Waals surface area contributed by atoms with Gasteiger partial charge >= 0.3 is 0 Å². The standard InChI is InChI=1S/C8H11FO/c1-4-8(10-3)6-5-7(2)9/h4-6H,1H2,2-3H3. The van der Waals surface area contributed by atoms with Gasteiger partial charge in [-0.15, -0.1) is 0 Å². The topological polar surface area (TPSA) is 9.23 Å². The Bertz CT molecular complexity index is 164. The smallest absolute Gasteiger partial charge is 0.118 e. The molecule has 0 bridgehead atoms. The normalized spacial score (nSPS) is 13.1. The van der Waals surface area contributed by atoms with E-state index in [1.807, 2.05) is 0 Å². The largest absolute Gasteiger partial charge is 0.497 e. The number of hydrogen-bond acceptors (Lipinski definition) is 1. The summed E-state index contributed by atoms with van der Waals surface area (Å²) in [5.74, 6) is 0.299. The molecule has 0 N–H and O–H groups in total. The molecule has 10 heavy (non-hydrogen) atoms. The predicted molar refractivity (Wildman–Crippen MR) is 40.2 cm³/mol. The molecule has 0 aliphatic carbocycles. The number of allylic oxidation sites excluding steroid dienone is 4. The number of rotatable bonds is 3. The van der Waals surface area contributed by atoms with Crippen molar-refractivity contribution in [3.8, 4) is 0 Å². The Kier molecular flexibility index (Phi) is 4.29. The first-order chi connectivity index (χ1) is 4.70. The molecule has 1 nitrogen and oxygen atoms in total. The number of halogens is 1. The average molecular weight is 142 g/mol. The molecule has 0 aromatic heterocycles. The second kappa shape index (κ2) is 4.79. The van der Waals surface area contributed by atoms with Crippen LogP contribution in [0, 0.1) is 0 Å². The van der Waals surface area contributed by atoms with E-state index in [2.05, 4.69) is 6.58 Å². The van der Waals surface area contributed by atoms with E-state index in [0.29, 0.717) is 5.76 Å². The summed E-state index contributed by atoms with van der Waals surface area (Å²) in [6, 6.07) is 0. The Balaban J connectivity index is 4.12. The molecule has 0 amide bonds. The van der Waals surface area contributed by atoms with Crippen LogP contribution >= 0.6 is 0 Å². The van der Waals surface area contributed by atoms with Crippen LogP contribution in [0.5, 0.6) is 0 Å². The number of hydrogen-bond donors (Lipinski definition) is 0. The summed E-state index contributed by atoms with van der Waals surface area (Å²) in [4.78, 5) is 0. The quantitative estimate of drug-likeness (QED) is 0.434. The van der Waals surface area contributed by atoms with Crippen LogP contribution in [0.4, 0.5) is 4.39 Å². The van der Waals surface area contributed by atoms with Crippen molar-refractivity contribution in [1.29, 1.82) is 0 Å². The van der Waals surface area contributed by atoms with Gasteiger partial charge in [-0.25, -0.2) is 4.39 Å². The van der Waals surface area contributed by atoms with E-state index in [4.69, 9.17) is 4.74 Å². The fourth-order valence-corrected chi connectivity index (χ4v) is 0.416. The van der Waals surface area contributed by atoms with Gasteiger partial charge < -0.3 is 4.74 Å². The molecule has 0 spiro atoms. The van der Waals surface area contributed by atoms with Crippen molar-refractivity contribution in [2.45, 2.75) is 6.92 Å². The molecule has 0 unspecified atom stereocenters. The molecule has 0 radical (unpaired) electrons. The van der Waals surface area contributed by atoms with E-state index in [9.17, 15) is 4.39 Å². The summed E-state index contributed by atoms with van der Waals surface area (Å²) in [6.45, 7) is 4.83. The van der Waals surface area contributed by atoms with Gasteiger partial charge in [0.05, 0.1) is 12.9 Å². The second-order valence-corrected chi connectivity index (χ2v) is 1.73. The van der Waals surface area contributed by atoms with Crippen molar-refractivity contribution >= 4 is 0 Å². The third-order valence-corrected chi connectivity index (χ3v) is 0.914. The fraction of sp³-hybridized carbons (Fsp3) is 0.250. The minimum absolute atomic E-state index is 0.253. The molecule has 0 saturated carbocycles. The highest BCUT2D eigenvalue weighted by Crippen LogP contribution is 1.99. The molecule has 0 aromatic rings. The lowest BCUT2D eigenvalue weighted by Crippen LogP contribution is -1.78. The zero-order valence-corrected chi connectivity index (χ0v) is 6.23. The van der Waals surface area contributed by atoms with E-state index in [0.717, 1.165) is 0 Å². The van der Waals surface area contributed by atoms with E-state index < -0.39 is 0 Å². The minimum Gasteiger partial charge on any atom is -0.497 e. The van der Waals surface area contributed by atoms with Gasteiger partial charge in [-0.05, 0) is 25.2 Å². The fourth-order valence-electron chi connectivity index (χ4n) is 0.416. The van der Waals surface area contributed by atoms with Gasteiger partial charge in [0.25, 0.3) is 0 Å². The zero-order valence-electron chi connectivity index (χ0n) is 6.23. The molecule has 0 fully saturated rings. The molecule has 0 aliphatic rings. The average Bonchev–Trinajstić information content (AvgIpc) is 1.90. The highest BCUT2D eigenvalue weighted by molar-refractivity contribution is 5.17. The highest BCUT2D eigenvalue weighted by atomic mass is 19.1. The van der Waals surface area contributed by atoms with E-state index in [-0.39, 0.29) is 5.83 Å². The Labute approximate surface area is 60.5 Å². The Hall–Kier alpha value is -1.05. The molecular weight excluding hydrogens is 131 g/mol. The van der Waals surface area contributed by atoms with Crippen LogP contribution in [0.2, 0.25) is 0 Å². The molecule has 0 atom stereocenters. The third-order valence-electron chi connectivity index (χ3n) is 0.914. The van der Waals surface area contributed by atoms with E-state index >= 15 is 0 Å². The van der Waals surface area contributed by atoms with Gasteiger partial charge in [-0.2, -0.15) is 0 Å². The Morgan fingerprint density at radius 2 is 2.10 bits per heavy atom. The summed E-state index contributed by atoms with van der Waals surface area (Å²) >= 11 is 0. The van der Waals surface area contributed by atoms with Crippen LogP contribution in [0.1, 0.15) is 6.92 Å². The molecule has 0 saturated heterocycles. The molecule has 0 heterocycles. The Morgan fingerprint density at radius 1 is 1.50 bits per heavy atom. The van der Waals surface area contributed by atoms with Crippen LogP contribution < -0.4 is 0 Å². The lowest BCUT2D eigenvalue weighted by molar-refractivity contribution is 0.307. The van der Waals surface area contributed by atoms with Gasteiger partial charge in [0.1, 0.15) is 5.76 Å². The first-order valence-electron chi connectivity index (χ1n) is 2.91. The first-order valence-corrected chi connectivity index (χ1v) is 2.91. The lowest BCUT2D eigenvalue weighted by Gasteiger charge is -1.95. The van der Waals surface area contributed by atoms with Crippen molar-refractivity contribution in [1.82, 2.24) is 0 Å². The SMILES string of the molecule is C=CC(=CC=C(C)F)OC. The van der Waals surface area contributed by atoms with Crippen LogP contribution in [-0.4, -0.2) is 7.11 Å². The second-order valence-electron chi connectivity index (χ2n) is 1.73. The summed E-state index contributed by atoms with van der Waals surface area (Å²) in [5.41, 5.74) is 0. The molecular formula is C8H11FO. The molecule has 0 rings (SSSR count). The minimum atomic E-state index is -0.253. The van der Waals surface area contributed by atoms with Gasteiger partial charge in [0.2, 0.25) is 0 Å². The number of ether oxygens (including phenoxy) is 1. The van der Waals surface area contributed by atoms with Crippen LogP contribution in [-0.2, 0) is 4.74 Å². The van der Waals surface area contributed by atoms with Crippen molar-refractivity contribution in [3.63, 3.8) is 0 Å². The van der Waals surface area contributed by atoms with Gasteiger partial charge in [-0.1, -0.05) is 6.58 Å². The van der Waals surface area contributed by atoms with Crippen LogP contribution in [0.3, 0.4) is 0 Å². The van der Waals surface area contributed by atoms with Gasteiger partial charge in [-0.3, -0.25) is 0 Å². The monoisotopic (exact) mass is 142 g/mol. The lowest BCUT2D eigenvalue weighted by atomic mass is 10.4. The van der Waals surface area contributed by atoms with Gasteiger partial charge in [0.15, 0.2) is 0 Å². The highest BCUT2D eigenvalue weighted by Gasteiger charge is 1.83. The predicted octanol–water partition coefficient (Wildman–Crippen LogP) is 2.58. The van der Waals surface area contributed by atoms with Crippen molar-refractivity contribution in [2.75, 3.05) is 7.11 Å². The Morgan fingerprint density at radius 3 is 2.40 bits per heavy atom. The van der Waals surface area contributed by atoms with E-state index in [1.165, 1.54) is 32.3 Å². The first kappa shape index (κ1) is 8.95. The molecule has 0 aliphatic heterocycles. The van der Waals surface area contributed by atoms with Crippen LogP contribution in [0.25, 0.3) is 0 Å². The van der Waals surface area contributed by atoms with Crippen molar-refractivity contribution < 1.29 is 9.13 Å². The summed E-state index contributed by atoms with van der Waals surface area (Å²) in [7, 11) is 1.51. The van der Waals surface area contributed by atoms with Crippen LogP contribution in [0.15, 0.2) is 36.4 Å².